The van der Waals surface area contributed by atoms with Crippen LogP contribution in [0.2, 0.25) is 0 Å². The molecule has 18 heavy (non-hydrogen) atoms. The van der Waals surface area contributed by atoms with Crippen molar-refractivity contribution in [3.63, 3.8) is 0 Å². The molecule has 1 atom stereocenters. The van der Waals surface area contributed by atoms with Crippen molar-refractivity contribution in [2.75, 3.05) is 13.2 Å². The largest absolute Gasteiger partial charge is 0.379 e. The van der Waals surface area contributed by atoms with Gasteiger partial charge in [0.25, 0.3) is 10.0 Å². The van der Waals surface area contributed by atoms with Crippen LogP contribution in [0.15, 0.2) is 34.2 Å². The van der Waals surface area contributed by atoms with Crippen LogP contribution in [0.25, 0.3) is 0 Å². The minimum Gasteiger partial charge on any atom is -0.379 e. The maximum atomic E-state index is 11.9. The maximum absolute atomic E-state index is 11.9. The van der Waals surface area contributed by atoms with Crippen molar-refractivity contribution in [1.29, 1.82) is 0 Å². The van der Waals surface area contributed by atoms with Gasteiger partial charge in [-0.3, -0.25) is 9.71 Å². The Balaban J connectivity index is 1.98. The minimum absolute atomic E-state index is 0.0441. The summed E-state index contributed by atoms with van der Waals surface area (Å²) in [4.78, 5) is 4.78. The van der Waals surface area contributed by atoms with Crippen LogP contribution >= 0.6 is 0 Å². The molecule has 0 radical (unpaired) electrons. The zero-order valence-corrected chi connectivity index (χ0v) is 10.6. The van der Waals surface area contributed by atoms with Gasteiger partial charge in [-0.25, -0.2) is 8.42 Å². The van der Waals surface area contributed by atoms with Crippen molar-refractivity contribution in [2.45, 2.75) is 23.8 Å². The number of aliphatic imine (C=N–C) groups is 1. The molecule has 1 saturated heterocycles. The summed E-state index contributed by atoms with van der Waals surface area (Å²) in [7, 11) is -3.43. The highest BCUT2D eigenvalue weighted by molar-refractivity contribution is 7.90. The van der Waals surface area contributed by atoms with E-state index in [-0.39, 0.29) is 6.04 Å². The Morgan fingerprint density at radius 1 is 1.33 bits per heavy atom. The molecule has 1 fully saturated rings. The van der Waals surface area contributed by atoms with Crippen LogP contribution in [-0.2, 0) is 14.8 Å². The average molecular weight is 266 g/mol. The Hall–Kier alpha value is -1.40. The second-order valence-electron chi connectivity index (χ2n) is 4.45. The third kappa shape index (κ3) is 2.02. The van der Waals surface area contributed by atoms with E-state index in [1.165, 1.54) is 0 Å². The number of fused-ring (bicyclic) bond motifs is 1. The standard InChI is InChI=1S/C12H14N2O3S/c15-18(16)11-6-2-1-5-10(11)12(14-18)13-9-4-3-7-17-8-9/h1-2,5-6,9H,3-4,7-8H2,(H,13,14). The third-order valence-corrected chi connectivity index (χ3v) is 4.51. The summed E-state index contributed by atoms with van der Waals surface area (Å²) in [6.45, 7) is 1.33. The third-order valence-electron chi connectivity index (χ3n) is 3.11. The van der Waals surface area contributed by atoms with Crippen LogP contribution in [0.4, 0.5) is 0 Å². The van der Waals surface area contributed by atoms with E-state index in [9.17, 15) is 8.42 Å². The zero-order chi connectivity index (χ0) is 12.6. The van der Waals surface area contributed by atoms with Gasteiger partial charge in [-0.2, -0.15) is 0 Å². The molecule has 2 aliphatic rings. The monoisotopic (exact) mass is 266 g/mol. The fraction of sp³-hybridized carbons (Fsp3) is 0.417. The molecule has 6 heteroatoms. The summed E-state index contributed by atoms with van der Waals surface area (Å²) < 4.78 is 31.6. The molecule has 2 aliphatic heterocycles. The van der Waals surface area contributed by atoms with Crippen molar-refractivity contribution in [3.05, 3.63) is 29.8 Å². The number of hydrogen-bond donors (Lipinski definition) is 1. The molecule has 5 nitrogen and oxygen atoms in total. The number of nitrogens with zero attached hydrogens (tertiary/aromatic N) is 1. The predicted octanol–water partition coefficient (Wildman–Crippen LogP) is 0.904. The summed E-state index contributed by atoms with van der Waals surface area (Å²) in [6, 6.07) is 6.94. The van der Waals surface area contributed by atoms with Crippen LogP contribution in [0.5, 0.6) is 0 Å². The lowest BCUT2D eigenvalue weighted by Crippen LogP contribution is -2.27. The van der Waals surface area contributed by atoms with Crippen molar-refractivity contribution in [3.8, 4) is 0 Å². The Bertz CT molecular complexity index is 589. The molecule has 1 aromatic carbocycles. The second-order valence-corrected chi connectivity index (χ2v) is 6.10. The molecule has 0 bridgehead atoms. The molecule has 1 unspecified atom stereocenters. The molecule has 96 valence electrons. The fourth-order valence-corrected chi connectivity index (χ4v) is 3.48. The van der Waals surface area contributed by atoms with Gasteiger partial charge in [-0.05, 0) is 25.0 Å². The summed E-state index contributed by atoms with van der Waals surface area (Å²) in [5.74, 6) is 0.445. The van der Waals surface area contributed by atoms with E-state index in [0.29, 0.717) is 22.9 Å². The highest BCUT2D eigenvalue weighted by Gasteiger charge is 2.31. The van der Waals surface area contributed by atoms with Gasteiger partial charge in [0.1, 0.15) is 5.84 Å². The lowest BCUT2D eigenvalue weighted by atomic mass is 10.1. The number of sulfonamides is 1. The topological polar surface area (TPSA) is 67.8 Å². The summed E-state index contributed by atoms with van der Waals surface area (Å²) in [5.41, 5.74) is 0.656. The average Bonchev–Trinajstić information content (AvgIpc) is 2.63. The molecule has 0 saturated carbocycles. The van der Waals surface area contributed by atoms with Crippen molar-refractivity contribution in [2.24, 2.45) is 4.99 Å². The number of benzene rings is 1. The van der Waals surface area contributed by atoms with E-state index < -0.39 is 10.0 Å². The first-order chi connectivity index (χ1) is 8.67. The zero-order valence-electron chi connectivity index (χ0n) is 9.80. The van der Waals surface area contributed by atoms with E-state index in [2.05, 4.69) is 9.71 Å². The molecule has 0 amide bonds. The molecule has 2 heterocycles. The summed E-state index contributed by atoms with van der Waals surface area (Å²) in [5, 5.41) is 0. The van der Waals surface area contributed by atoms with E-state index in [1.54, 1.807) is 18.2 Å². The van der Waals surface area contributed by atoms with Gasteiger partial charge in [0.05, 0.1) is 17.5 Å². The van der Waals surface area contributed by atoms with Gasteiger partial charge < -0.3 is 4.74 Å². The fourth-order valence-electron chi connectivity index (χ4n) is 2.24. The molecule has 1 N–H and O–H groups in total. The molecule has 0 spiro atoms. The van der Waals surface area contributed by atoms with E-state index >= 15 is 0 Å². The van der Waals surface area contributed by atoms with Gasteiger partial charge in [0.2, 0.25) is 0 Å². The number of hydrogen-bond acceptors (Lipinski definition) is 4. The first-order valence-corrected chi connectivity index (χ1v) is 7.43. The van der Waals surface area contributed by atoms with Crippen LogP contribution in [-0.4, -0.2) is 33.5 Å². The smallest absolute Gasteiger partial charge is 0.263 e. The first kappa shape index (κ1) is 11.7. The van der Waals surface area contributed by atoms with E-state index in [1.807, 2.05) is 6.07 Å². The number of nitrogens with one attached hydrogen (secondary N) is 1. The highest BCUT2D eigenvalue weighted by atomic mass is 32.2. The van der Waals surface area contributed by atoms with Crippen LogP contribution in [0.3, 0.4) is 0 Å². The first-order valence-electron chi connectivity index (χ1n) is 5.94. The van der Waals surface area contributed by atoms with Crippen LogP contribution in [0, 0.1) is 0 Å². The minimum atomic E-state index is -3.43. The van der Waals surface area contributed by atoms with E-state index in [0.717, 1.165) is 19.4 Å². The summed E-state index contributed by atoms with van der Waals surface area (Å²) in [6.07, 6.45) is 1.91. The number of rotatable bonds is 1. The molecule has 0 aromatic heterocycles. The Morgan fingerprint density at radius 3 is 2.94 bits per heavy atom. The predicted molar refractivity (Wildman–Crippen MR) is 67.1 cm³/mol. The SMILES string of the molecule is O=S1(=O)NC(=NC2CCCOC2)c2ccccc21. The van der Waals surface area contributed by atoms with Gasteiger partial charge in [-0.15, -0.1) is 0 Å². The van der Waals surface area contributed by atoms with Crippen molar-refractivity contribution < 1.29 is 13.2 Å². The lowest BCUT2D eigenvalue weighted by molar-refractivity contribution is 0.0828. The Morgan fingerprint density at radius 2 is 2.17 bits per heavy atom. The second kappa shape index (κ2) is 4.37. The maximum Gasteiger partial charge on any atom is 0.263 e. The summed E-state index contributed by atoms with van der Waals surface area (Å²) >= 11 is 0. The molecule has 0 aliphatic carbocycles. The molecule has 1 aromatic rings. The van der Waals surface area contributed by atoms with Gasteiger partial charge in [0.15, 0.2) is 0 Å². The molecule has 3 rings (SSSR count). The van der Waals surface area contributed by atoms with Gasteiger partial charge in [-0.1, -0.05) is 12.1 Å². The van der Waals surface area contributed by atoms with Crippen molar-refractivity contribution >= 4 is 15.9 Å². The molecular formula is C12H14N2O3S. The Kier molecular flexibility index (Phi) is 2.83. The van der Waals surface area contributed by atoms with Crippen molar-refractivity contribution in [1.82, 2.24) is 4.72 Å². The number of ether oxygens (including phenoxy) is 1. The normalized spacial score (nSPS) is 27.8. The van der Waals surface area contributed by atoms with E-state index in [4.69, 9.17) is 4.74 Å². The Labute approximate surface area is 106 Å². The lowest BCUT2D eigenvalue weighted by Gasteiger charge is -2.18. The van der Waals surface area contributed by atoms with Crippen LogP contribution in [0.1, 0.15) is 18.4 Å². The quantitative estimate of drug-likeness (QED) is 0.821. The van der Waals surface area contributed by atoms with Gasteiger partial charge in [0, 0.05) is 12.2 Å². The highest BCUT2D eigenvalue weighted by Crippen LogP contribution is 2.23. The number of amidine groups is 1. The van der Waals surface area contributed by atoms with Gasteiger partial charge >= 0.3 is 0 Å². The molecular weight excluding hydrogens is 252 g/mol. The van der Waals surface area contributed by atoms with Crippen LogP contribution < -0.4 is 4.72 Å².